The summed E-state index contributed by atoms with van der Waals surface area (Å²) in [4.78, 5) is 2.48. The van der Waals surface area contributed by atoms with Crippen LogP contribution in [0.5, 0.6) is 5.75 Å². The minimum absolute atomic E-state index is 0.0773. The zero-order valence-electron chi connectivity index (χ0n) is 14.9. The van der Waals surface area contributed by atoms with Crippen LogP contribution < -0.4 is 10.1 Å². The van der Waals surface area contributed by atoms with Crippen molar-refractivity contribution in [2.45, 2.75) is 65.5 Å². The first-order chi connectivity index (χ1) is 10.4. The molecule has 1 aromatic rings. The normalized spacial score (nSPS) is 17.2. The predicted octanol–water partition coefficient (Wildman–Crippen LogP) is 4.32. The molecule has 0 bridgehead atoms. The molecule has 0 aromatic heterocycles. The second-order valence-corrected chi connectivity index (χ2v) is 7.05. The van der Waals surface area contributed by atoms with Gasteiger partial charge < -0.3 is 15.0 Å². The highest BCUT2D eigenvalue weighted by atomic mass is 16.5. The number of rotatable bonds is 8. The van der Waals surface area contributed by atoms with Crippen molar-refractivity contribution in [2.24, 2.45) is 0 Å². The molecule has 1 aliphatic rings. The summed E-state index contributed by atoms with van der Waals surface area (Å²) in [6.45, 7) is 14.5. The van der Waals surface area contributed by atoms with Crippen LogP contribution in [0.4, 0.5) is 5.69 Å². The number of nitrogens with zero attached hydrogens (tertiary/aromatic N) is 1. The quantitative estimate of drug-likeness (QED) is 0.774. The molecule has 1 aliphatic heterocycles. The van der Waals surface area contributed by atoms with E-state index in [2.05, 4.69) is 63.0 Å². The third-order valence-corrected chi connectivity index (χ3v) is 4.50. The Hall–Kier alpha value is -1.22. The largest absolute Gasteiger partial charge is 0.485 e. The molecule has 0 amide bonds. The monoisotopic (exact) mass is 304 g/mol. The van der Waals surface area contributed by atoms with Crippen LogP contribution in [0.25, 0.3) is 0 Å². The topological polar surface area (TPSA) is 24.5 Å². The van der Waals surface area contributed by atoms with Gasteiger partial charge in [-0.05, 0) is 59.3 Å². The number of benzene rings is 1. The van der Waals surface area contributed by atoms with Crippen molar-refractivity contribution in [3.63, 3.8) is 0 Å². The molecule has 0 spiro atoms. The van der Waals surface area contributed by atoms with E-state index in [1.165, 1.54) is 24.9 Å². The molecule has 0 aliphatic carbocycles. The van der Waals surface area contributed by atoms with Crippen LogP contribution in [0.2, 0.25) is 0 Å². The van der Waals surface area contributed by atoms with Crippen molar-refractivity contribution in [1.29, 1.82) is 0 Å². The molecule has 0 radical (unpaired) electrons. The highest BCUT2D eigenvalue weighted by Crippen LogP contribution is 2.40. The van der Waals surface area contributed by atoms with Crippen molar-refractivity contribution >= 4 is 5.69 Å². The fourth-order valence-electron chi connectivity index (χ4n) is 3.23. The Balaban J connectivity index is 1.88. The molecule has 124 valence electrons. The van der Waals surface area contributed by atoms with E-state index in [1.807, 2.05) is 0 Å². The molecule has 22 heavy (non-hydrogen) atoms. The summed E-state index contributed by atoms with van der Waals surface area (Å²) >= 11 is 0. The van der Waals surface area contributed by atoms with Gasteiger partial charge in [-0.25, -0.2) is 0 Å². The Labute approximate surface area is 136 Å². The zero-order valence-corrected chi connectivity index (χ0v) is 14.9. The molecule has 3 nitrogen and oxygen atoms in total. The standard InChI is InChI=1S/C19H32N2O/c1-6-21(7-2)13-9-10-15(3)20-17-12-8-11-16-14-19(4,5)22-18(16)17/h8,11-12,15,20H,6-7,9-10,13-14H2,1-5H3/t15-/m1/s1. The SMILES string of the molecule is CCN(CC)CCC[C@@H](C)Nc1cccc2c1OC(C)(C)C2. The van der Waals surface area contributed by atoms with Gasteiger partial charge in [-0.1, -0.05) is 26.0 Å². The summed E-state index contributed by atoms with van der Waals surface area (Å²) in [5, 5.41) is 3.65. The molecule has 1 aromatic carbocycles. The molecule has 2 rings (SSSR count). The lowest BCUT2D eigenvalue weighted by Gasteiger charge is -2.22. The Kier molecular flexibility index (Phi) is 5.74. The van der Waals surface area contributed by atoms with Crippen LogP contribution >= 0.6 is 0 Å². The lowest BCUT2D eigenvalue weighted by Crippen LogP contribution is -2.26. The number of anilines is 1. The van der Waals surface area contributed by atoms with Gasteiger partial charge >= 0.3 is 0 Å². The van der Waals surface area contributed by atoms with Gasteiger partial charge in [0.05, 0.1) is 5.69 Å². The molecule has 1 heterocycles. The average Bonchev–Trinajstić information content (AvgIpc) is 2.79. The molecule has 0 saturated carbocycles. The number of hydrogen-bond donors (Lipinski definition) is 1. The van der Waals surface area contributed by atoms with Gasteiger partial charge in [0.2, 0.25) is 0 Å². The molecule has 0 fully saturated rings. The third-order valence-electron chi connectivity index (χ3n) is 4.50. The minimum atomic E-state index is -0.0773. The lowest BCUT2D eigenvalue weighted by molar-refractivity contribution is 0.139. The van der Waals surface area contributed by atoms with Crippen molar-refractivity contribution in [3.05, 3.63) is 23.8 Å². The van der Waals surface area contributed by atoms with Crippen LogP contribution in [0.1, 0.15) is 53.0 Å². The van der Waals surface area contributed by atoms with Crippen LogP contribution in [-0.2, 0) is 6.42 Å². The second kappa shape index (κ2) is 7.36. The van der Waals surface area contributed by atoms with Gasteiger partial charge in [0.1, 0.15) is 11.4 Å². The van der Waals surface area contributed by atoms with Crippen molar-refractivity contribution in [3.8, 4) is 5.75 Å². The van der Waals surface area contributed by atoms with Crippen molar-refractivity contribution < 1.29 is 4.74 Å². The Morgan fingerprint density at radius 3 is 2.68 bits per heavy atom. The second-order valence-electron chi connectivity index (χ2n) is 7.05. The number of ether oxygens (including phenoxy) is 1. The first-order valence-corrected chi connectivity index (χ1v) is 8.75. The van der Waals surface area contributed by atoms with Crippen molar-refractivity contribution in [2.75, 3.05) is 25.0 Å². The van der Waals surface area contributed by atoms with Gasteiger partial charge in [0.15, 0.2) is 0 Å². The van der Waals surface area contributed by atoms with Gasteiger partial charge in [-0.2, -0.15) is 0 Å². The van der Waals surface area contributed by atoms with Gasteiger partial charge in [0.25, 0.3) is 0 Å². The number of hydrogen-bond acceptors (Lipinski definition) is 3. The van der Waals surface area contributed by atoms with E-state index in [0.29, 0.717) is 6.04 Å². The summed E-state index contributed by atoms with van der Waals surface area (Å²) in [7, 11) is 0. The molecule has 0 unspecified atom stereocenters. The Morgan fingerprint density at radius 2 is 2.00 bits per heavy atom. The van der Waals surface area contributed by atoms with Crippen LogP contribution in [0, 0.1) is 0 Å². The van der Waals surface area contributed by atoms with Gasteiger partial charge in [-0.15, -0.1) is 0 Å². The Morgan fingerprint density at radius 1 is 1.27 bits per heavy atom. The summed E-state index contributed by atoms with van der Waals surface area (Å²) < 4.78 is 6.13. The highest BCUT2D eigenvalue weighted by molar-refractivity contribution is 5.62. The summed E-state index contributed by atoms with van der Waals surface area (Å²) in [6, 6.07) is 6.92. The molecule has 1 N–H and O–H groups in total. The molecule has 0 saturated heterocycles. The molecule has 3 heteroatoms. The van der Waals surface area contributed by atoms with Crippen molar-refractivity contribution in [1.82, 2.24) is 4.90 Å². The molecular weight excluding hydrogens is 272 g/mol. The Bertz CT molecular complexity index is 480. The zero-order chi connectivity index (χ0) is 16.2. The summed E-state index contributed by atoms with van der Waals surface area (Å²) in [6.07, 6.45) is 3.41. The minimum Gasteiger partial charge on any atom is -0.485 e. The first-order valence-electron chi connectivity index (χ1n) is 8.75. The predicted molar refractivity (Wildman–Crippen MR) is 95.0 cm³/mol. The van der Waals surface area contributed by atoms with Crippen LogP contribution in [0.3, 0.4) is 0 Å². The number of para-hydroxylation sites is 1. The summed E-state index contributed by atoms with van der Waals surface area (Å²) in [5.41, 5.74) is 2.40. The average molecular weight is 304 g/mol. The van der Waals surface area contributed by atoms with E-state index < -0.39 is 0 Å². The maximum absolute atomic E-state index is 6.13. The fraction of sp³-hybridized carbons (Fsp3) is 0.684. The van der Waals surface area contributed by atoms with E-state index in [-0.39, 0.29) is 5.60 Å². The maximum atomic E-state index is 6.13. The first kappa shape index (κ1) is 17.1. The number of nitrogens with one attached hydrogen (secondary N) is 1. The van der Waals surface area contributed by atoms with E-state index >= 15 is 0 Å². The van der Waals surface area contributed by atoms with E-state index in [0.717, 1.165) is 30.9 Å². The lowest BCUT2D eigenvalue weighted by atomic mass is 10.0. The highest BCUT2D eigenvalue weighted by Gasteiger charge is 2.31. The van der Waals surface area contributed by atoms with E-state index in [4.69, 9.17) is 4.74 Å². The van der Waals surface area contributed by atoms with E-state index in [1.54, 1.807) is 0 Å². The number of fused-ring (bicyclic) bond motifs is 1. The van der Waals surface area contributed by atoms with Crippen LogP contribution in [0.15, 0.2) is 18.2 Å². The van der Waals surface area contributed by atoms with Crippen LogP contribution in [-0.4, -0.2) is 36.2 Å². The van der Waals surface area contributed by atoms with Gasteiger partial charge in [-0.3, -0.25) is 0 Å². The third kappa shape index (κ3) is 4.39. The molecule has 1 atom stereocenters. The maximum Gasteiger partial charge on any atom is 0.146 e. The molecular formula is C19H32N2O. The van der Waals surface area contributed by atoms with E-state index in [9.17, 15) is 0 Å². The van der Waals surface area contributed by atoms with Gasteiger partial charge in [0, 0.05) is 18.0 Å². The fourth-order valence-corrected chi connectivity index (χ4v) is 3.23. The smallest absolute Gasteiger partial charge is 0.146 e. The summed E-state index contributed by atoms with van der Waals surface area (Å²) in [5.74, 6) is 1.06.